The van der Waals surface area contributed by atoms with Gasteiger partial charge in [0, 0.05) is 12.8 Å². The molecular formula is C10H17NO5S2. The van der Waals surface area contributed by atoms with Gasteiger partial charge in [0.05, 0.1) is 10.6 Å². The van der Waals surface area contributed by atoms with Gasteiger partial charge < -0.3 is 5.73 Å². The van der Waals surface area contributed by atoms with Crippen molar-refractivity contribution in [3.05, 3.63) is 29.8 Å². The third kappa shape index (κ3) is 7.38. The molecule has 0 aliphatic rings. The lowest BCUT2D eigenvalue weighted by Crippen LogP contribution is -2.13. The minimum absolute atomic E-state index is 0.0278. The summed E-state index contributed by atoms with van der Waals surface area (Å²) in [5.74, 6) is 0.0903. The van der Waals surface area contributed by atoms with E-state index in [0.29, 0.717) is 5.56 Å². The van der Waals surface area contributed by atoms with Crippen molar-refractivity contribution in [2.45, 2.75) is 11.8 Å². The molecule has 3 N–H and O–H groups in total. The summed E-state index contributed by atoms with van der Waals surface area (Å²) in [5, 5.41) is 0. The fourth-order valence-electron chi connectivity index (χ4n) is 1.06. The van der Waals surface area contributed by atoms with Gasteiger partial charge in [-0.2, -0.15) is 8.42 Å². The molecule has 0 spiro atoms. The van der Waals surface area contributed by atoms with Gasteiger partial charge in [-0.05, 0) is 18.6 Å². The van der Waals surface area contributed by atoms with Gasteiger partial charge in [-0.3, -0.25) is 4.55 Å². The number of hydrogen-bond donors (Lipinski definition) is 2. The minimum atomic E-state index is -4.03. The first-order valence-electron chi connectivity index (χ1n) is 4.99. The Labute approximate surface area is 107 Å². The molecule has 18 heavy (non-hydrogen) atoms. The lowest BCUT2D eigenvalue weighted by molar-refractivity contribution is 0.482. The fraction of sp³-hybridized carbons (Fsp3) is 0.400. The molecule has 0 radical (unpaired) electrons. The van der Waals surface area contributed by atoms with E-state index < -0.39 is 20.0 Å². The molecule has 0 unspecified atom stereocenters. The first-order valence-corrected chi connectivity index (χ1v) is 8.49. The summed E-state index contributed by atoms with van der Waals surface area (Å²) in [6.45, 7) is 1.85. The summed E-state index contributed by atoms with van der Waals surface area (Å²) >= 11 is 0. The number of aryl methyl sites for hydroxylation is 1. The number of hydrogen-bond acceptors (Lipinski definition) is 5. The highest BCUT2D eigenvalue weighted by atomic mass is 32.2. The Hall–Kier alpha value is -0.960. The van der Waals surface area contributed by atoms with Crippen LogP contribution in [0, 0.1) is 6.92 Å². The van der Waals surface area contributed by atoms with E-state index in [1.165, 1.54) is 12.3 Å². The van der Waals surface area contributed by atoms with Gasteiger partial charge in [-0.25, -0.2) is 8.42 Å². The van der Waals surface area contributed by atoms with Crippen molar-refractivity contribution in [2.75, 3.05) is 18.6 Å². The molecule has 6 nitrogen and oxygen atoms in total. The predicted molar refractivity (Wildman–Crippen MR) is 69.8 cm³/mol. The van der Waals surface area contributed by atoms with E-state index in [-0.39, 0.29) is 17.2 Å². The van der Waals surface area contributed by atoms with Gasteiger partial charge in [0.2, 0.25) is 0 Å². The normalized spacial score (nSPS) is 11.6. The van der Waals surface area contributed by atoms with E-state index in [9.17, 15) is 16.8 Å². The molecule has 0 aromatic heterocycles. The van der Waals surface area contributed by atoms with Gasteiger partial charge in [0.1, 0.15) is 9.84 Å². The number of rotatable bonds is 3. The summed E-state index contributed by atoms with van der Waals surface area (Å²) in [6, 6.07) is 6.27. The average molecular weight is 295 g/mol. The van der Waals surface area contributed by atoms with Crippen molar-refractivity contribution < 1.29 is 21.4 Å². The van der Waals surface area contributed by atoms with Crippen LogP contribution in [-0.4, -0.2) is 39.9 Å². The number of sulfone groups is 1. The molecule has 8 heteroatoms. The zero-order chi connectivity index (χ0) is 14.4. The average Bonchev–Trinajstić information content (AvgIpc) is 2.15. The molecule has 0 aliphatic heterocycles. The van der Waals surface area contributed by atoms with Gasteiger partial charge >= 0.3 is 0 Å². The monoisotopic (exact) mass is 295 g/mol. The summed E-state index contributed by atoms with van der Waals surface area (Å²) in [7, 11) is -6.83. The van der Waals surface area contributed by atoms with Gasteiger partial charge in [-0.1, -0.05) is 18.2 Å². The van der Waals surface area contributed by atoms with Crippen molar-refractivity contribution in [3.8, 4) is 0 Å². The molecule has 0 bridgehead atoms. The van der Waals surface area contributed by atoms with E-state index in [2.05, 4.69) is 0 Å². The first kappa shape index (κ1) is 17.0. The highest BCUT2D eigenvalue weighted by Gasteiger charge is 2.10. The van der Waals surface area contributed by atoms with E-state index in [4.69, 9.17) is 10.3 Å². The zero-order valence-corrected chi connectivity index (χ0v) is 11.8. The second-order valence-corrected chi connectivity index (χ2v) is 7.31. The van der Waals surface area contributed by atoms with Gasteiger partial charge in [-0.15, -0.1) is 0 Å². The number of nitrogens with two attached hydrogens (primary N) is 1. The molecular weight excluding hydrogens is 278 g/mol. The van der Waals surface area contributed by atoms with Crippen LogP contribution in [-0.2, 0) is 20.0 Å². The van der Waals surface area contributed by atoms with Crippen molar-refractivity contribution in [1.29, 1.82) is 0 Å². The highest BCUT2D eigenvalue weighted by Crippen LogP contribution is 2.12. The Kier molecular flexibility index (Phi) is 6.47. The van der Waals surface area contributed by atoms with Gasteiger partial charge in [0.25, 0.3) is 10.1 Å². The largest absolute Gasteiger partial charge is 0.329 e. The third-order valence-corrected chi connectivity index (χ3v) is 3.85. The molecule has 0 heterocycles. The Bertz CT molecular complexity index is 578. The van der Waals surface area contributed by atoms with Crippen LogP contribution in [0.25, 0.3) is 0 Å². The van der Waals surface area contributed by atoms with Crippen LogP contribution in [0.5, 0.6) is 0 Å². The lowest BCUT2D eigenvalue weighted by Gasteiger charge is -1.99. The summed E-state index contributed by atoms with van der Waals surface area (Å²) in [5.41, 5.74) is 5.49. The van der Waals surface area contributed by atoms with E-state index >= 15 is 0 Å². The third-order valence-electron chi connectivity index (χ3n) is 1.86. The molecule has 1 aromatic rings. The number of benzene rings is 1. The molecule has 1 rings (SSSR count). The van der Waals surface area contributed by atoms with E-state index in [1.54, 1.807) is 25.1 Å². The van der Waals surface area contributed by atoms with Crippen LogP contribution in [0.1, 0.15) is 5.56 Å². The molecule has 0 atom stereocenters. The highest BCUT2D eigenvalue weighted by molar-refractivity contribution is 7.90. The van der Waals surface area contributed by atoms with E-state index in [0.717, 1.165) is 0 Å². The maximum atomic E-state index is 10.6. The first-order chi connectivity index (χ1) is 8.08. The molecule has 0 aliphatic carbocycles. The minimum Gasteiger partial charge on any atom is -0.329 e. The maximum absolute atomic E-state index is 10.6. The maximum Gasteiger partial charge on any atom is 0.294 e. The smallest absolute Gasteiger partial charge is 0.294 e. The van der Waals surface area contributed by atoms with Crippen molar-refractivity contribution in [1.82, 2.24) is 0 Å². The molecule has 0 saturated heterocycles. The second kappa shape index (κ2) is 6.83. The van der Waals surface area contributed by atoms with Crippen molar-refractivity contribution in [3.63, 3.8) is 0 Å². The van der Waals surface area contributed by atoms with Crippen LogP contribution in [0.2, 0.25) is 0 Å². The summed E-state index contributed by atoms with van der Waals surface area (Å²) in [4.78, 5) is -0.0278. The zero-order valence-electron chi connectivity index (χ0n) is 10.2. The summed E-state index contributed by atoms with van der Waals surface area (Å²) in [6.07, 6.45) is 1.17. The lowest BCUT2D eigenvalue weighted by atomic mass is 10.2. The van der Waals surface area contributed by atoms with Crippen LogP contribution in [0.3, 0.4) is 0 Å². The van der Waals surface area contributed by atoms with Crippen LogP contribution < -0.4 is 5.73 Å². The van der Waals surface area contributed by atoms with Crippen molar-refractivity contribution in [2.24, 2.45) is 5.73 Å². The van der Waals surface area contributed by atoms with Crippen LogP contribution in [0.4, 0.5) is 0 Å². The topological polar surface area (TPSA) is 115 Å². The van der Waals surface area contributed by atoms with Crippen LogP contribution >= 0.6 is 0 Å². The quantitative estimate of drug-likeness (QED) is 0.771. The molecule has 104 valence electrons. The molecule has 0 amide bonds. The van der Waals surface area contributed by atoms with Crippen molar-refractivity contribution >= 4 is 20.0 Å². The molecule has 0 fully saturated rings. The van der Waals surface area contributed by atoms with E-state index in [1.807, 2.05) is 0 Å². The fourth-order valence-corrected chi connectivity index (χ4v) is 2.21. The van der Waals surface area contributed by atoms with Crippen LogP contribution in [0.15, 0.2) is 29.2 Å². The van der Waals surface area contributed by atoms with Gasteiger partial charge in [0.15, 0.2) is 0 Å². The summed E-state index contributed by atoms with van der Waals surface area (Å²) < 4.78 is 50.2. The Morgan fingerprint density at radius 3 is 1.89 bits per heavy atom. The second-order valence-electron chi connectivity index (χ2n) is 3.66. The SMILES string of the molecule is CS(=O)(=O)CCN.Cc1ccccc1S(=O)(=O)O. The molecule has 0 saturated carbocycles. The Balaban J connectivity index is 0.000000360. The predicted octanol–water partition coefficient (Wildman–Crippen LogP) is 0.231. The Morgan fingerprint density at radius 2 is 1.67 bits per heavy atom. The molecule has 1 aromatic carbocycles. The standard InChI is InChI=1S/C7H8O3S.C3H9NO2S/c1-6-4-2-3-5-7(6)11(8,9)10;1-7(5,6)3-2-4/h2-5H,1H3,(H,8,9,10);2-4H2,1H3. The Morgan fingerprint density at radius 1 is 1.17 bits per heavy atom.